The fraction of sp³-hybridized carbons (Fsp3) is 0.562. The molecule has 19 heavy (non-hydrogen) atoms. The van der Waals surface area contributed by atoms with Crippen LogP contribution < -0.4 is 4.74 Å². The monoisotopic (exact) mass is 262 g/mol. The van der Waals surface area contributed by atoms with Crippen LogP contribution in [0.2, 0.25) is 0 Å². The van der Waals surface area contributed by atoms with Gasteiger partial charge in [-0.2, -0.15) is 0 Å². The van der Waals surface area contributed by atoms with Crippen molar-refractivity contribution < 1.29 is 14.3 Å². The maximum atomic E-state index is 11.6. The Kier molecular flexibility index (Phi) is 4.83. The molecule has 1 aromatic carbocycles. The van der Waals surface area contributed by atoms with Crippen molar-refractivity contribution in [1.82, 2.24) is 0 Å². The normalized spacial score (nSPS) is 20.9. The van der Waals surface area contributed by atoms with Crippen LogP contribution in [0.15, 0.2) is 24.3 Å². The molecule has 2 rings (SSSR count). The molecule has 1 aromatic rings. The second kappa shape index (κ2) is 6.60. The Morgan fingerprint density at radius 3 is 2.63 bits per heavy atom. The lowest BCUT2D eigenvalue weighted by Crippen LogP contribution is -2.07. The molecule has 1 fully saturated rings. The highest BCUT2D eigenvalue weighted by molar-refractivity contribution is 5.77. The van der Waals surface area contributed by atoms with Crippen molar-refractivity contribution >= 4 is 5.97 Å². The first-order valence-corrected chi connectivity index (χ1v) is 7.15. The van der Waals surface area contributed by atoms with Gasteiger partial charge in [-0.3, -0.25) is 4.79 Å². The van der Waals surface area contributed by atoms with Crippen LogP contribution in [0.1, 0.15) is 44.6 Å². The van der Waals surface area contributed by atoms with E-state index in [0.717, 1.165) is 31.6 Å². The standard InChI is InChI=1S/C16H22O3/c1-3-5-10-19-13-8-6-12(7-9-13)14-11-15(14)16(17)18-4-2/h6-9,14-15H,3-5,10-11H2,1-2H3/t14-,15+/m1/s1. The van der Waals surface area contributed by atoms with Gasteiger partial charge in [-0.15, -0.1) is 0 Å². The van der Waals surface area contributed by atoms with Gasteiger partial charge in [0.2, 0.25) is 0 Å². The number of carbonyl (C=O) groups is 1. The predicted octanol–water partition coefficient (Wildman–Crippen LogP) is 3.53. The van der Waals surface area contributed by atoms with Crippen molar-refractivity contribution in [2.24, 2.45) is 5.92 Å². The van der Waals surface area contributed by atoms with Gasteiger partial charge in [0, 0.05) is 0 Å². The Morgan fingerprint density at radius 1 is 1.26 bits per heavy atom. The third-order valence-electron chi connectivity index (χ3n) is 3.45. The van der Waals surface area contributed by atoms with E-state index in [-0.39, 0.29) is 11.9 Å². The molecule has 0 aliphatic heterocycles. The van der Waals surface area contributed by atoms with Crippen molar-refractivity contribution in [3.05, 3.63) is 29.8 Å². The topological polar surface area (TPSA) is 35.5 Å². The predicted molar refractivity (Wildman–Crippen MR) is 74.3 cm³/mol. The van der Waals surface area contributed by atoms with Gasteiger partial charge in [0.1, 0.15) is 5.75 Å². The Morgan fingerprint density at radius 2 is 2.00 bits per heavy atom. The van der Waals surface area contributed by atoms with Crippen LogP contribution in [0.3, 0.4) is 0 Å². The first-order valence-electron chi connectivity index (χ1n) is 7.15. The van der Waals surface area contributed by atoms with E-state index in [0.29, 0.717) is 12.5 Å². The highest BCUT2D eigenvalue weighted by atomic mass is 16.5. The molecule has 2 atom stereocenters. The van der Waals surface area contributed by atoms with Gasteiger partial charge in [0.25, 0.3) is 0 Å². The summed E-state index contributed by atoms with van der Waals surface area (Å²) < 4.78 is 10.7. The smallest absolute Gasteiger partial charge is 0.309 e. The molecule has 0 amide bonds. The highest BCUT2D eigenvalue weighted by Gasteiger charge is 2.44. The average Bonchev–Trinajstić information content (AvgIpc) is 3.20. The Hall–Kier alpha value is -1.51. The van der Waals surface area contributed by atoms with Gasteiger partial charge in [-0.1, -0.05) is 25.5 Å². The minimum atomic E-state index is -0.0595. The van der Waals surface area contributed by atoms with Crippen LogP contribution in [0, 0.1) is 5.92 Å². The maximum absolute atomic E-state index is 11.6. The zero-order chi connectivity index (χ0) is 13.7. The van der Waals surface area contributed by atoms with E-state index in [1.165, 1.54) is 5.56 Å². The molecular weight excluding hydrogens is 240 g/mol. The first kappa shape index (κ1) is 13.9. The molecule has 1 aliphatic rings. The number of hydrogen-bond donors (Lipinski definition) is 0. The van der Waals surface area contributed by atoms with Crippen LogP contribution in [-0.2, 0) is 9.53 Å². The summed E-state index contributed by atoms with van der Waals surface area (Å²) in [4.78, 5) is 11.6. The van der Waals surface area contributed by atoms with Crippen LogP contribution in [0.25, 0.3) is 0 Å². The van der Waals surface area contributed by atoms with E-state index in [2.05, 4.69) is 19.1 Å². The number of rotatable bonds is 7. The molecule has 0 heterocycles. The van der Waals surface area contributed by atoms with Crippen LogP contribution >= 0.6 is 0 Å². The number of benzene rings is 1. The first-order chi connectivity index (χ1) is 9.26. The fourth-order valence-corrected chi connectivity index (χ4v) is 2.22. The third-order valence-corrected chi connectivity index (χ3v) is 3.45. The molecule has 3 heteroatoms. The molecule has 3 nitrogen and oxygen atoms in total. The summed E-state index contributed by atoms with van der Waals surface area (Å²) >= 11 is 0. The summed E-state index contributed by atoms with van der Waals surface area (Å²) in [6.45, 7) is 5.23. The molecule has 0 N–H and O–H groups in total. The van der Waals surface area contributed by atoms with E-state index in [9.17, 15) is 4.79 Å². The molecule has 0 saturated heterocycles. The van der Waals surface area contributed by atoms with Gasteiger partial charge in [-0.05, 0) is 43.4 Å². The van der Waals surface area contributed by atoms with Crippen LogP contribution in [-0.4, -0.2) is 19.2 Å². The van der Waals surface area contributed by atoms with Crippen molar-refractivity contribution in [1.29, 1.82) is 0 Å². The molecule has 0 aromatic heterocycles. The largest absolute Gasteiger partial charge is 0.494 e. The van der Waals surface area contributed by atoms with Crippen molar-refractivity contribution in [2.45, 2.75) is 39.0 Å². The molecule has 0 unspecified atom stereocenters. The van der Waals surface area contributed by atoms with E-state index < -0.39 is 0 Å². The Labute approximate surface area is 114 Å². The van der Waals surface area contributed by atoms with E-state index in [1.54, 1.807) is 0 Å². The highest BCUT2D eigenvalue weighted by Crippen LogP contribution is 2.48. The SMILES string of the molecule is CCCCOc1ccc([C@H]2C[C@@H]2C(=O)OCC)cc1. The lowest BCUT2D eigenvalue weighted by molar-refractivity contribution is -0.144. The van der Waals surface area contributed by atoms with Gasteiger partial charge in [-0.25, -0.2) is 0 Å². The molecule has 104 valence electrons. The fourth-order valence-electron chi connectivity index (χ4n) is 2.22. The van der Waals surface area contributed by atoms with Crippen molar-refractivity contribution in [3.63, 3.8) is 0 Å². The van der Waals surface area contributed by atoms with Crippen molar-refractivity contribution in [3.8, 4) is 5.75 Å². The summed E-state index contributed by atoms with van der Waals surface area (Å²) in [6.07, 6.45) is 3.13. The van der Waals surface area contributed by atoms with E-state index in [1.807, 2.05) is 19.1 Å². The second-order valence-electron chi connectivity index (χ2n) is 4.97. The second-order valence-corrected chi connectivity index (χ2v) is 4.97. The molecule has 0 radical (unpaired) electrons. The molecule has 0 bridgehead atoms. The number of esters is 1. The molecule has 1 aliphatic carbocycles. The zero-order valence-electron chi connectivity index (χ0n) is 11.7. The zero-order valence-corrected chi connectivity index (χ0v) is 11.7. The molecule has 0 spiro atoms. The Balaban J connectivity index is 1.84. The minimum absolute atomic E-state index is 0.0595. The van der Waals surface area contributed by atoms with Crippen molar-refractivity contribution in [2.75, 3.05) is 13.2 Å². The van der Waals surface area contributed by atoms with Crippen LogP contribution in [0.4, 0.5) is 0 Å². The average molecular weight is 262 g/mol. The number of unbranched alkanes of at least 4 members (excludes halogenated alkanes) is 1. The number of hydrogen-bond acceptors (Lipinski definition) is 3. The lowest BCUT2D eigenvalue weighted by atomic mass is 10.1. The number of ether oxygens (including phenoxy) is 2. The Bertz CT molecular complexity index is 411. The van der Waals surface area contributed by atoms with Crippen LogP contribution in [0.5, 0.6) is 5.75 Å². The third kappa shape index (κ3) is 3.72. The number of carbonyl (C=O) groups excluding carboxylic acids is 1. The van der Waals surface area contributed by atoms with Gasteiger partial charge in [0.05, 0.1) is 19.1 Å². The van der Waals surface area contributed by atoms with E-state index >= 15 is 0 Å². The van der Waals surface area contributed by atoms with Gasteiger partial charge >= 0.3 is 5.97 Å². The summed E-state index contributed by atoms with van der Waals surface area (Å²) in [5.74, 6) is 1.25. The summed E-state index contributed by atoms with van der Waals surface area (Å²) in [5, 5.41) is 0. The van der Waals surface area contributed by atoms with Gasteiger partial charge in [0.15, 0.2) is 0 Å². The quantitative estimate of drug-likeness (QED) is 0.557. The van der Waals surface area contributed by atoms with E-state index in [4.69, 9.17) is 9.47 Å². The summed E-state index contributed by atoms with van der Waals surface area (Å²) in [7, 11) is 0. The summed E-state index contributed by atoms with van der Waals surface area (Å²) in [6, 6.07) is 8.10. The maximum Gasteiger partial charge on any atom is 0.309 e. The van der Waals surface area contributed by atoms with Gasteiger partial charge < -0.3 is 9.47 Å². The molecule has 1 saturated carbocycles. The molecular formula is C16H22O3. The lowest BCUT2D eigenvalue weighted by Gasteiger charge is -2.06. The minimum Gasteiger partial charge on any atom is -0.494 e. The summed E-state index contributed by atoms with van der Waals surface area (Å²) in [5.41, 5.74) is 1.21.